The van der Waals surface area contributed by atoms with E-state index >= 15 is 0 Å². The maximum absolute atomic E-state index is 14.6. The maximum atomic E-state index is 14.6. The van der Waals surface area contributed by atoms with Gasteiger partial charge in [-0.2, -0.15) is 0 Å². The topological polar surface area (TPSA) is 246 Å². The molecule has 2 aliphatic heterocycles. The Morgan fingerprint density at radius 2 is 1.51 bits per heavy atom. The molecule has 63 heavy (non-hydrogen) atoms. The Labute approximate surface area is 365 Å². The predicted molar refractivity (Wildman–Crippen MR) is 227 cm³/mol. The van der Waals surface area contributed by atoms with Gasteiger partial charge in [-0.1, -0.05) is 95.6 Å². The summed E-state index contributed by atoms with van der Waals surface area (Å²) >= 11 is 0. The second kappa shape index (κ2) is 21.9. The molecule has 336 valence electrons. The van der Waals surface area contributed by atoms with E-state index in [1.54, 1.807) is 65.0 Å². The van der Waals surface area contributed by atoms with E-state index in [0.29, 0.717) is 31.5 Å². The van der Waals surface area contributed by atoms with Gasteiger partial charge in [-0.3, -0.25) is 33.8 Å². The molecule has 6 amide bonds. The Hall–Kier alpha value is -6.72. The first-order valence-corrected chi connectivity index (χ1v) is 21.2. The number of Topliss-reactive ketones (excluding diaryl/α,β-unsaturated/α-hetero) is 1. The maximum Gasteiger partial charge on any atom is 0.410 e. The van der Waals surface area contributed by atoms with Gasteiger partial charge < -0.3 is 40.9 Å². The number of aromatic nitrogens is 2. The number of aliphatic carboxylic acids is 1. The van der Waals surface area contributed by atoms with Crippen LogP contribution < -0.4 is 21.3 Å². The summed E-state index contributed by atoms with van der Waals surface area (Å²) < 4.78 is 5.94. The molecule has 18 nitrogen and oxygen atoms in total. The van der Waals surface area contributed by atoms with Crippen molar-refractivity contribution < 1.29 is 48.2 Å². The van der Waals surface area contributed by atoms with Crippen LogP contribution in [0.2, 0.25) is 0 Å². The quantitative estimate of drug-likeness (QED) is 0.116. The van der Waals surface area contributed by atoms with Crippen LogP contribution in [0.3, 0.4) is 0 Å². The van der Waals surface area contributed by atoms with Crippen molar-refractivity contribution >= 4 is 47.4 Å². The van der Waals surface area contributed by atoms with Gasteiger partial charge in [0.1, 0.15) is 36.0 Å². The summed E-state index contributed by atoms with van der Waals surface area (Å²) in [5.41, 5.74) is 2.68. The van der Waals surface area contributed by atoms with E-state index in [1.807, 2.05) is 24.3 Å². The Kier molecular flexibility index (Phi) is 16.4. The van der Waals surface area contributed by atoms with Crippen molar-refractivity contribution in [3.8, 4) is 0 Å². The van der Waals surface area contributed by atoms with Crippen LogP contribution in [-0.4, -0.2) is 122 Å². The van der Waals surface area contributed by atoms with E-state index in [2.05, 4.69) is 31.2 Å². The fraction of sp³-hybridized carbons (Fsp3) is 0.467. The lowest BCUT2D eigenvalue weighted by molar-refractivity contribution is -0.146. The molecule has 0 unspecified atom stereocenters. The third kappa shape index (κ3) is 12.4. The summed E-state index contributed by atoms with van der Waals surface area (Å²) in [5, 5.41) is 20.2. The monoisotopic (exact) mass is 868 g/mol. The standard InChI is InChI=1S/C45H56N8O10/c1-6-12-32(38(54)42(58)49-33(44(60)61)21-28-13-8-7-9-14-28)48-40(56)35-22-31(63-45(62)52-20-17-29-15-10-11-16-30(29)24-52)25-53(35)43(59)37(27(4)5)51-41(57)36(26(2)3)50-39(55)34-23-46-18-19-47-34/h7-11,13-16,18-19,23,26-27,31-33,35-37H,6,12,17,20-22,24-25H2,1-5H3,(H,48,56)(H,49,58)(H,50,55)(H,51,57)(H,60,61)/t31-,32+,33-,35+,36+,37+/m1/s1. The first-order chi connectivity index (χ1) is 30.1. The Morgan fingerprint density at radius 1 is 0.825 bits per heavy atom. The normalized spacial score (nSPS) is 17.7. The molecule has 0 aliphatic carbocycles. The molecular weight excluding hydrogens is 813 g/mol. The van der Waals surface area contributed by atoms with Gasteiger partial charge in [0.15, 0.2) is 0 Å². The molecule has 1 aromatic heterocycles. The third-order valence-corrected chi connectivity index (χ3v) is 11.1. The minimum absolute atomic E-state index is 0.00544. The number of carboxylic acid groups (broad SMARTS) is 1. The predicted octanol–water partition coefficient (Wildman–Crippen LogP) is 2.20. The molecule has 3 heterocycles. The number of hydrogen-bond acceptors (Lipinski definition) is 11. The minimum atomic E-state index is -1.44. The van der Waals surface area contributed by atoms with Crippen LogP contribution in [0.5, 0.6) is 0 Å². The molecule has 0 bridgehead atoms. The lowest BCUT2D eigenvalue weighted by Crippen LogP contribution is -2.60. The summed E-state index contributed by atoms with van der Waals surface area (Å²) in [5.74, 6) is -7.45. The Bertz CT molecular complexity index is 2140. The Balaban J connectivity index is 1.36. The van der Waals surface area contributed by atoms with Crippen molar-refractivity contribution in [3.05, 3.63) is 95.6 Å². The van der Waals surface area contributed by atoms with E-state index in [1.165, 1.54) is 28.4 Å². The zero-order valence-electron chi connectivity index (χ0n) is 36.1. The number of carbonyl (C=O) groups excluding carboxylic acids is 7. The number of hydrogen-bond donors (Lipinski definition) is 5. The van der Waals surface area contributed by atoms with Crippen molar-refractivity contribution in [2.75, 3.05) is 13.1 Å². The molecule has 6 atom stereocenters. The highest BCUT2D eigenvalue weighted by Crippen LogP contribution is 2.26. The molecule has 1 saturated heterocycles. The fourth-order valence-corrected chi connectivity index (χ4v) is 7.61. The number of amides is 6. The molecule has 5 N–H and O–H groups in total. The summed E-state index contributed by atoms with van der Waals surface area (Å²) in [7, 11) is 0. The highest BCUT2D eigenvalue weighted by molar-refractivity contribution is 6.38. The van der Waals surface area contributed by atoms with Gasteiger partial charge >= 0.3 is 12.1 Å². The summed E-state index contributed by atoms with van der Waals surface area (Å²) in [4.78, 5) is 119. The number of carbonyl (C=O) groups is 8. The number of nitrogens with one attached hydrogen (secondary N) is 4. The molecule has 0 spiro atoms. The van der Waals surface area contributed by atoms with E-state index in [9.17, 15) is 43.5 Å². The van der Waals surface area contributed by atoms with Gasteiger partial charge in [0.2, 0.25) is 23.5 Å². The molecule has 0 radical (unpaired) electrons. The molecule has 2 aliphatic rings. The van der Waals surface area contributed by atoms with Crippen molar-refractivity contribution in [2.45, 2.75) is 110 Å². The van der Waals surface area contributed by atoms with Gasteiger partial charge in [0.05, 0.1) is 18.8 Å². The van der Waals surface area contributed by atoms with E-state index < -0.39 is 95.5 Å². The molecule has 5 rings (SSSR count). The van der Waals surface area contributed by atoms with Crippen LogP contribution in [0, 0.1) is 11.8 Å². The molecular formula is C45H56N8O10. The number of ether oxygens (including phenoxy) is 1. The van der Waals surface area contributed by atoms with Crippen molar-refractivity contribution in [2.24, 2.45) is 11.8 Å². The number of carboxylic acids is 1. The van der Waals surface area contributed by atoms with Crippen LogP contribution in [0.25, 0.3) is 0 Å². The number of likely N-dealkylation sites (tertiary alicyclic amines) is 1. The second-order valence-electron chi connectivity index (χ2n) is 16.5. The SMILES string of the molecule is CCC[C@H](NC(=O)[C@@H]1C[C@@H](OC(=O)N2CCc3ccccc3C2)CN1C(=O)[C@@H](NC(=O)[C@@H](NC(=O)c1cnccn1)C(C)C)C(C)C)C(=O)C(=O)N[C@H](Cc1ccccc1)C(=O)O. The van der Waals surface area contributed by atoms with E-state index in [4.69, 9.17) is 4.74 Å². The largest absolute Gasteiger partial charge is 0.480 e. The summed E-state index contributed by atoms with van der Waals surface area (Å²) in [6, 6.07) is 9.80. The number of rotatable bonds is 18. The van der Waals surface area contributed by atoms with Crippen LogP contribution >= 0.6 is 0 Å². The smallest absolute Gasteiger partial charge is 0.410 e. The fourth-order valence-electron chi connectivity index (χ4n) is 7.61. The number of ketones is 1. The summed E-state index contributed by atoms with van der Waals surface area (Å²) in [6.07, 6.45) is 3.05. The van der Waals surface area contributed by atoms with E-state index in [0.717, 1.165) is 11.1 Å². The first-order valence-electron chi connectivity index (χ1n) is 21.2. The number of benzene rings is 2. The van der Waals surface area contributed by atoms with Gasteiger partial charge in [0.25, 0.3) is 11.8 Å². The Morgan fingerprint density at radius 3 is 2.14 bits per heavy atom. The second-order valence-corrected chi connectivity index (χ2v) is 16.5. The summed E-state index contributed by atoms with van der Waals surface area (Å²) in [6.45, 7) is 9.00. The minimum Gasteiger partial charge on any atom is -0.480 e. The van der Waals surface area contributed by atoms with Crippen molar-refractivity contribution in [1.29, 1.82) is 0 Å². The number of nitrogens with zero attached hydrogens (tertiary/aromatic N) is 4. The lowest BCUT2D eigenvalue weighted by Gasteiger charge is -2.32. The van der Waals surface area contributed by atoms with Crippen LogP contribution in [0.1, 0.15) is 81.1 Å². The molecule has 0 saturated carbocycles. The van der Waals surface area contributed by atoms with Gasteiger partial charge in [0, 0.05) is 38.3 Å². The average Bonchev–Trinajstić information content (AvgIpc) is 3.70. The number of fused-ring (bicyclic) bond motifs is 1. The van der Waals surface area contributed by atoms with Crippen LogP contribution in [-0.2, 0) is 52.9 Å². The van der Waals surface area contributed by atoms with Gasteiger partial charge in [-0.15, -0.1) is 0 Å². The van der Waals surface area contributed by atoms with Crippen LogP contribution in [0.4, 0.5) is 4.79 Å². The lowest BCUT2D eigenvalue weighted by atomic mass is 9.98. The zero-order valence-corrected chi connectivity index (χ0v) is 36.1. The molecule has 18 heteroatoms. The molecule has 2 aromatic carbocycles. The molecule has 3 aromatic rings. The van der Waals surface area contributed by atoms with Gasteiger partial charge in [-0.25, -0.2) is 14.6 Å². The average molecular weight is 869 g/mol. The third-order valence-electron chi connectivity index (χ3n) is 11.1. The van der Waals surface area contributed by atoms with E-state index in [-0.39, 0.29) is 31.5 Å². The van der Waals surface area contributed by atoms with Gasteiger partial charge in [-0.05, 0) is 41.4 Å². The van der Waals surface area contributed by atoms with Crippen LogP contribution in [0.15, 0.2) is 73.2 Å². The van der Waals surface area contributed by atoms with Crippen molar-refractivity contribution in [1.82, 2.24) is 41.0 Å². The molecule has 1 fully saturated rings. The highest BCUT2D eigenvalue weighted by Gasteiger charge is 2.46. The zero-order chi connectivity index (χ0) is 45.8. The van der Waals surface area contributed by atoms with Crippen molar-refractivity contribution in [3.63, 3.8) is 0 Å². The highest BCUT2D eigenvalue weighted by atomic mass is 16.6. The first kappa shape index (κ1) is 47.3.